The van der Waals surface area contributed by atoms with Gasteiger partial charge in [0.1, 0.15) is 18.1 Å². The van der Waals surface area contributed by atoms with E-state index in [1.165, 1.54) is 0 Å². The van der Waals surface area contributed by atoms with Crippen LogP contribution >= 0.6 is 25.0 Å². The first-order valence-corrected chi connectivity index (χ1v) is 8.67. The van der Waals surface area contributed by atoms with Gasteiger partial charge in [-0.05, 0) is 49.1 Å². The number of unbranched alkanes of at least 4 members (excludes halogenated alkanes) is 1. The number of halogens is 1. The second-order valence-corrected chi connectivity index (χ2v) is 5.90. The molecular weight excluding hydrogens is 342 g/mol. The molecule has 3 nitrogen and oxygen atoms in total. The number of hydrogen-bond donors (Lipinski definition) is 2. The molecule has 0 radical (unpaired) electrons. The maximum absolute atomic E-state index is 5.82. The number of rotatable bonds is 10. The van der Waals surface area contributed by atoms with E-state index in [2.05, 4.69) is 24.8 Å². The zero-order valence-corrected chi connectivity index (χ0v) is 15.5. The van der Waals surface area contributed by atoms with E-state index in [4.69, 9.17) is 15.2 Å². The molecule has 0 unspecified atom stereocenters. The molecule has 0 aromatic heterocycles. The van der Waals surface area contributed by atoms with Crippen molar-refractivity contribution < 1.29 is 9.47 Å². The SMILES string of the molecule is Cl.N[C@@H](CS)CCCCOc1ccc(OCc2ccccc2)cc1. The van der Waals surface area contributed by atoms with Crippen LogP contribution in [0.1, 0.15) is 24.8 Å². The molecule has 132 valence electrons. The Bertz CT molecular complexity index is 551. The van der Waals surface area contributed by atoms with Gasteiger partial charge in [0.25, 0.3) is 0 Å². The molecule has 24 heavy (non-hydrogen) atoms. The Labute approximate surface area is 156 Å². The van der Waals surface area contributed by atoms with Crippen LogP contribution in [0.2, 0.25) is 0 Å². The van der Waals surface area contributed by atoms with E-state index in [9.17, 15) is 0 Å². The molecule has 0 aliphatic carbocycles. The van der Waals surface area contributed by atoms with E-state index < -0.39 is 0 Å². The van der Waals surface area contributed by atoms with Crippen molar-refractivity contribution in [3.05, 3.63) is 60.2 Å². The normalized spacial score (nSPS) is 11.4. The topological polar surface area (TPSA) is 44.5 Å². The Kier molecular flexibility index (Phi) is 10.4. The predicted molar refractivity (Wildman–Crippen MR) is 106 cm³/mol. The third kappa shape index (κ3) is 7.95. The second kappa shape index (κ2) is 12.1. The lowest BCUT2D eigenvalue weighted by Gasteiger charge is -2.10. The fraction of sp³-hybridized carbons (Fsp3) is 0.368. The largest absolute Gasteiger partial charge is 0.494 e. The van der Waals surface area contributed by atoms with Crippen molar-refractivity contribution in [2.45, 2.75) is 31.9 Å². The highest BCUT2D eigenvalue weighted by Gasteiger charge is 2.00. The summed E-state index contributed by atoms with van der Waals surface area (Å²) < 4.78 is 11.5. The number of nitrogens with two attached hydrogens (primary N) is 1. The summed E-state index contributed by atoms with van der Waals surface area (Å²) in [6, 6.07) is 18.1. The van der Waals surface area contributed by atoms with Crippen LogP contribution in [0.4, 0.5) is 0 Å². The van der Waals surface area contributed by atoms with Gasteiger partial charge in [-0.3, -0.25) is 0 Å². The average molecular weight is 368 g/mol. The predicted octanol–water partition coefficient (Wildman–Crippen LogP) is 4.49. The highest BCUT2D eigenvalue weighted by Crippen LogP contribution is 2.19. The van der Waals surface area contributed by atoms with Gasteiger partial charge < -0.3 is 15.2 Å². The van der Waals surface area contributed by atoms with Crippen molar-refractivity contribution in [3.8, 4) is 11.5 Å². The third-order valence-electron chi connectivity index (χ3n) is 3.54. The molecule has 2 rings (SSSR count). The molecule has 0 heterocycles. The fourth-order valence-corrected chi connectivity index (χ4v) is 2.35. The first-order valence-electron chi connectivity index (χ1n) is 8.04. The van der Waals surface area contributed by atoms with Gasteiger partial charge in [-0.15, -0.1) is 12.4 Å². The number of ether oxygens (including phenoxy) is 2. The molecule has 0 fully saturated rings. The van der Waals surface area contributed by atoms with Gasteiger partial charge in [0.2, 0.25) is 0 Å². The molecule has 0 spiro atoms. The van der Waals surface area contributed by atoms with Gasteiger partial charge in [0, 0.05) is 11.8 Å². The van der Waals surface area contributed by atoms with Crippen LogP contribution in [0.15, 0.2) is 54.6 Å². The van der Waals surface area contributed by atoms with Crippen LogP contribution in [-0.2, 0) is 6.61 Å². The summed E-state index contributed by atoms with van der Waals surface area (Å²) in [5, 5.41) is 0. The summed E-state index contributed by atoms with van der Waals surface area (Å²) in [6.45, 7) is 1.29. The lowest BCUT2D eigenvalue weighted by Crippen LogP contribution is -2.21. The maximum atomic E-state index is 5.82. The molecule has 0 bridgehead atoms. The van der Waals surface area contributed by atoms with Crippen molar-refractivity contribution in [1.29, 1.82) is 0 Å². The summed E-state index contributed by atoms with van der Waals surface area (Å²) in [4.78, 5) is 0. The molecule has 2 aromatic carbocycles. The highest BCUT2D eigenvalue weighted by molar-refractivity contribution is 7.80. The van der Waals surface area contributed by atoms with E-state index in [-0.39, 0.29) is 18.4 Å². The Morgan fingerprint density at radius 3 is 2.12 bits per heavy atom. The van der Waals surface area contributed by atoms with Gasteiger partial charge in [-0.2, -0.15) is 12.6 Å². The molecule has 0 saturated carbocycles. The van der Waals surface area contributed by atoms with Gasteiger partial charge in [0.05, 0.1) is 6.61 Å². The van der Waals surface area contributed by atoms with E-state index in [0.717, 1.165) is 42.1 Å². The van der Waals surface area contributed by atoms with Gasteiger partial charge >= 0.3 is 0 Å². The van der Waals surface area contributed by atoms with Crippen LogP contribution in [0.5, 0.6) is 11.5 Å². The molecule has 0 saturated heterocycles. The van der Waals surface area contributed by atoms with E-state index in [1.54, 1.807) is 0 Å². The zero-order valence-electron chi connectivity index (χ0n) is 13.8. The maximum Gasteiger partial charge on any atom is 0.120 e. The zero-order chi connectivity index (χ0) is 16.3. The van der Waals surface area contributed by atoms with Crippen molar-refractivity contribution >= 4 is 25.0 Å². The first-order chi connectivity index (χ1) is 11.3. The average Bonchev–Trinajstić information content (AvgIpc) is 2.61. The van der Waals surface area contributed by atoms with Crippen LogP contribution < -0.4 is 15.2 Å². The Morgan fingerprint density at radius 2 is 1.50 bits per heavy atom. The standard InChI is InChI=1S/C19H25NO2S.ClH/c20-17(15-23)8-4-5-13-21-18-9-11-19(12-10-18)22-14-16-6-2-1-3-7-16;/h1-3,6-7,9-12,17,23H,4-5,8,13-15,20H2;1H/t17-;/m1./s1. The van der Waals surface area contributed by atoms with Crippen molar-refractivity contribution in [2.75, 3.05) is 12.4 Å². The summed E-state index contributed by atoms with van der Waals surface area (Å²) in [5.74, 6) is 2.46. The van der Waals surface area contributed by atoms with Gasteiger partial charge in [-0.1, -0.05) is 30.3 Å². The highest BCUT2D eigenvalue weighted by atomic mass is 35.5. The van der Waals surface area contributed by atoms with Gasteiger partial charge in [0.15, 0.2) is 0 Å². The summed E-state index contributed by atoms with van der Waals surface area (Å²) in [7, 11) is 0. The van der Waals surface area contributed by atoms with Crippen molar-refractivity contribution in [2.24, 2.45) is 5.73 Å². The molecule has 2 N–H and O–H groups in total. The van der Waals surface area contributed by atoms with E-state index in [0.29, 0.717) is 13.2 Å². The molecule has 2 aromatic rings. The Morgan fingerprint density at radius 1 is 0.875 bits per heavy atom. The van der Waals surface area contributed by atoms with Crippen LogP contribution in [-0.4, -0.2) is 18.4 Å². The van der Waals surface area contributed by atoms with Crippen molar-refractivity contribution in [3.63, 3.8) is 0 Å². The molecule has 0 aliphatic heterocycles. The second-order valence-electron chi connectivity index (χ2n) is 5.53. The molecule has 5 heteroatoms. The Balaban J connectivity index is 0.00000288. The molecule has 1 atom stereocenters. The number of thiol groups is 1. The summed E-state index contributed by atoms with van der Waals surface area (Å²) >= 11 is 4.18. The minimum absolute atomic E-state index is 0. The first kappa shape index (κ1) is 20.7. The monoisotopic (exact) mass is 367 g/mol. The summed E-state index contributed by atoms with van der Waals surface area (Å²) in [5.41, 5.74) is 6.98. The van der Waals surface area contributed by atoms with Crippen LogP contribution in [0, 0.1) is 0 Å². The minimum Gasteiger partial charge on any atom is -0.494 e. The molecule has 0 amide bonds. The smallest absolute Gasteiger partial charge is 0.120 e. The number of benzene rings is 2. The Hall–Kier alpha value is -1.36. The molecule has 0 aliphatic rings. The summed E-state index contributed by atoms with van der Waals surface area (Å²) in [6.07, 6.45) is 3.08. The lowest BCUT2D eigenvalue weighted by atomic mass is 10.1. The quantitative estimate of drug-likeness (QED) is 0.480. The van der Waals surface area contributed by atoms with E-state index in [1.807, 2.05) is 42.5 Å². The third-order valence-corrected chi connectivity index (χ3v) is 4.01. The lowest BCUT2D eigenvalue weighted by molar-refractivity contribution is 0.296. The fourth-order valence-electron chi connectivity index (χ4n) is 2.16. The van der Waals surface area contributed by atoms with Gasteiger partial charge in [-0.25, -0.2) is 0 Å². The minimum atomic E-state index is 0. The van der Waals surface area contributed by atoms with Crippen molar-refractivity contribution in [1.82, 2.24) is 0 Å². The molecular formula is C19H26ClNO2S. The number of hydrogen-bond acceptors (Lipinski definition) is 4. The van der Waals surface area contributed by atoms with E-state index >= 15 is 0 Å². The van der Waals surface area contributed by atoms with Crippen LogP contribution in [0.3, 0.4) is 0 Å². The van der Waals surface area contributed by atoms with Crippen LogP contribution in [0.25, 0.3) is 0 Å².